The molecule has 0 spiro atoms. The van der Waals surface area contributed by atoms with E-state index in [-0.39, 0.29) is 5.92 Å². The highest BCUT2D eigenvalue weighted by Gasteiger charge is 2.29. The summed E-state index contributed by atoms with van der Waals surface area (Å²) in [5, 5.41) is 4.68. The Bertz CT molecular complexity index is 464. The molecule has 0 aliphatic heterocycles. The quantitative estimate of drug-likeness (QED) is 0.486. The average molecular weight is 265 g/mol. The summed E-state index contributed by atoms with van der Waals surface area (Å²) in [6, 6.07) is 5.86. The molecule has 2 nitrogen and oxygen atoms in total. The van der Waals surface area contributed by atoms with Crippen molar-refractivity contribution in [1.29, 1.82) is 0 Å². The lowest BCUT2D eigenvalue weighted by atomic mass is 9.94. The molecule has 0 saturated heterocycles. The van der Waals surface area contributed by atoms with E-state index in [1.54, 1.807) is 0 Å². The van der Waals surface area contributed by atoms with Crippen LogP contribution in [0.15, 0.2) is 35.5 Å². The van der Waals surface area contributed by atoms with Crippen LogP contribution in [0.5, 0.6) is 0 Å². The lowest BCUT2D eigenvalue weighted by Crippen LogP contribution is -2.14. The highest BCUT2D eigenvalue weighted by Crippen LogP contribution is 2.33. The SMILES string of the molecule is C=C(CC)C1Cc2cc(Cl)ccc2/C1=N/N.CC. The summed E-state index contributed by atoms with van der Waals surface area (Å²) >= 11 is 5.98. The Labute approximate surface area is 115 Å². The summed E-state index contributed by atoms with van der Waals surface area (Å²) in [7, 11) is 0. The molecule has 0 bridgehead atoms. The average Bonchev–Trinajstić information content (AvgIpc) is 2.77. The van der Waals surface area contributed by atoms with Gasteiger partial charge in [-0.05, 0) is 30.5 Å². The van der Waals surface area contributed by atoms with Crippen LogP contribution in [0, 0.1) is 5.92 Å². The molecule has 0 heterocycles. The smallest absolute Gasteiger partial charge is 0.0750 e. The number of hydrazone groups is 1. The van der Waals surface area contributed by atoms with E-state index in [4.69, 9.17) is 17.4 Å². The molecule has 1 atom stereocenters. The highest BCUT2D eigenvalue weighted by atomic mass is 35.5. The van der Waals surface area contributed by atoms with Crippen LogP contribution in [0.1, 0.15) is 38.3 Å². The van der Waals surface area contributed by atoms with E-state index in [0.717, 1.165) is 29.1 Å². The zero-order valence-corrected chi connectivity index (χ0v) is 12.1. The molecule has 0 fully saturated rings. The maximum Gasteiger partial charge on any atom is 0.0750 e. The molecule has 0 aromatic heterocycles. The molecule has 1 aromatic rings. The first-order valence-electron chi connectivity index (χ1n) is 6.41. The Hall–Kier alpha value is -1.28. The van der Waals surface area contributed by atoms with Gasteiger partial charge < -0.3 is 5.84 Å². The number of fused-ring (bicyclic) bond motifs is 1. The van der Waals surface area contributed by atoms with Gasteiger partial charge in [0.1, 0.15) is 0 Å². The molecule has 0 amide bonds. The second-order valence-electron chi connectivity index (χ2n) is 4.08. The third-order valence-corrected chi connectivity index (χ3v) is 3.42. The van der Waals surface area contributed by atoms with Crippen molar-refractivity contribution < 1.29 is 0 Å². The van der Waals surface area contributed by atoms with Gasteiger partial charge >= 0.3 is 0 Å². The van der Waals surface area contributed by atoms with Gasteiger partial charge in [0.15, 0.2) is 0 Å². The Balaban J connectivity index is 0.000000771. The fourth-order valence-corrected chi connectivity index (χ4v) is 2.42. The number of halogens is 1. The Kier molecular flexibility index (Phi) is 5.42. The molecule has 0 saturated carbocycles. The van der Waals surface area contributed by atoms with Gasteiger partial charge in [0.2, 0.25) is 0 Å². The van der Waals surface area contributed by atoms with E-state index in [1.807, 2.05) is 32.0 Å². The van der Waals surface area contributed by atoms with Crippen LogP contribution in [-0.4, -0.2) is 5.71 Å². The van der Waals surface area contributed by atoms with Gasteiger partial charge in [-0.25, -0.2) is 0 Å². The van der Waals surface area contributed by atoms with Gasteiger partial charge in [-0.15, -0.1) is 0 Å². The third kappa shape index (κ3) is 2.75. The minimum absolute atomic E-state index is 0.253. The van der Waals surface area contributed by atoms with Gasteiger partial charge in [-0.2, -0.15) is 5.10 Å². The van der Waals surface area contributed by atoms with Gasteiger partial charge in [0.05, 0.1) is 5.71 Å². The lowest BCUT2D eigenvalue weighted by molar-refractivity contribution is 0.787. The predicted octanol–water partition coefficient (Wildman–Crippen LogP) is 4.17. The topological polar surface area (TPSA) is 38.4 Å². The van der Waals surface area contributed by atoms with Crippen molar-refractivity contribution in [1.82, 2.24) is 0 Å². The molecule has 18 heavy (non-hydrogen) atoms. The molecule has 3 heteroatoms. The van der Waals surface area contributed by atoms with E-state index in [0.29, 0.717) is 0 Å². The molecule has 1 aliphatic rings. The van der Waals surface area contributed by atoms with Gasteiger partial charge in [0, 0.05) is 16.5 Å². The van der Waals surface area contributed by atoms with E-state index in [9.17, 15) is 0 Å². The van der Waals surface area contributed by atoms with E-state index in [1.165, 1.54) is 11.1 Å². The monoisotopic (exact) mass is 264 g/mol. The fourth-order valence-electron chi connectivity index (χ4n) is 2.23. The largest absolute Gasteiger partial charge is 0.323 e. The van der Waals surface area contributed by atoms with Crippen LogP contribution >= 0.6 is 11.6 Å². The maximum absolute atomic E-state index is 5.98. The van der Waals surface area contributed by atoms with Crippen LogP contribution < -0.4 is 5.84 Å². The van der Waals surface area contributed by atoms with Gasteiger partial charge in [-0.3, -0.25) is 0 Å². The number of nitrogens with two attached hydrogens (primary N) is 1. The van der Waals surface area contributed by atoms with Crippen molar-refractivity contribution in [3.05, 3.63) is 46.5 Å². The highest BCUT2D eigenvalue weighted by molar-refractivity contribution is 6.30. The van der Waals surface area contributed by atoms with Crippen LogP contribution in [0.2, 0.25) is 5.02 Å². The van der Waals surface area contributed by atoms with E-state index in [2.05, 4.69) is 18.6 Å². The van der Waals surface area contributed by atoms with Crippen molar-refractivity contribution in [3.63, 3.8) is 0 Å². The summed E-state index contributed by atoms with van der Waals surface area (Å²) in [6.07, 6.45) is 1.87. The van der Waals surface area contributed by atoms with Crippen molar-refractivity contribution in [2.45, 2.75) is 33.6 Å². The predicted molar refractivity (Wildman–Crippen MR) is 80.1 cm³/mol. The third-order valence-electron chi connectivity index (χ3n) is 3.18. The lowest BCUT2D eigenvalue weighted by Gasteiger charge is -2.11. The van der Waals surface area contributed by atoms with Crippen LogP contribution in [0.4, 0.5) is 0 Å². The second-order valence-corrected chi connectivity index (χ2v) is 4.52. The molecule has 0 radical (unpaired) electrons. The Morgan fingerprint density at radius 1 is 1.50 bits per heavy atom. The Morgan fingerprint density at radius 2 is 2.17 bits per heavy atom. The number of hydrogen-bond acceptors (Lipinski definition) is 2. The first-order valence-corrected chi connectivity index (χ1v) is 6.79. The van der Waals surface area contributed by atoms with Crippen molar-refractivity contribution in [3.8, 4) is 0 Å². The minimum Gasteiger partial charge on any atom is -0.323 e. The molecule has 1 unspecified atom stereocenters. The van der Waals surface area contributed by atoms with Crippen molar-refractivity contribution in [2.24, 2.45) is 16.9 Å². The summed E-state index contributed by atoms with van der Waals surface area (Å²) in [5.74, 6) is 5.74. The number of rotatable bonds is 2. The summed E-state index contributed by atoms with van der Waals surface area (Å²) in [6.45, 7) is 10.2. The molecule has 1 aliphatic carbocycles. The number of allylic oxidation sites excluding steroid dienone is 1. The summed E-state index contributed by atoms with van der Waals surface area (Å²) < 4.78 is 0. The summed E-state index contributed by atoms with van der Waals surface area (Å²) in [5.41, 5.74) is 4.46. The maximum atomic E-state index is 5.98. The molecule has 2 rings (SSSR count). The number of nitrogens with zero attached hydrogens (tertiary/aromatic N) is 1. The zero-order valence-electron chi connectivity index (χ0n) is 11.3. The fraction of sp³-hybridized carbons (Fsp3) is 0.400. The molecule has 98 valence electrons. The Morgan fingerprint density at radius 3 is 2.72 bits per heavy atom. The first kappa shape index (κ1) is 14.8. The minimum atomic E-state index is 0.253. The summed E-state index contributed by atoms with van der Waals surface area (Å²) in [4.78, 5) is 0. The zero-order chi connectivity index (χ0) is 13.7. The van der Waals surface area contributed by atoms with E-state index >= 15 is 0 Å². The van der Waals surface area contributed by atoms with E-state index < -0.39 is 0 Å². The molecular weight excluding hydrogens is 244 g/mol. The van der Waals surface area contributed by atoms with Crippen LogP contribution in [0.25, 0.3) is 0 Å². The van der Waals surface area contributed by atoms with Gasteiger partial charge in [0.25, 0.3) is 0 Å². The number of benzene rings is 1. The molecular formula is C15H21ClN2. The van der Waals surface area contributed by atoms with Gasteiger partial charge in [-0.1, -0.05) is 50.6 Å². The molecule has 2 N–H and O–H groups in total. The van der Waals surface area contributed by atoms with Crippen molar-refractivity contribution >= 4 is 17.3 Å². The van der Waals surface area contributed by atoms with Crippen molar-refractivity contribution in [2.75, 3.05) is 0 Å². The standard InChI is InChI=1S/C13H15ClN2.C2H6/c1-3-8(2)12-7-9-6-10(14)4-5-11(9)13(12)16-15;1-2/h4-6,12H,2-3,7,15H2,1H3;1-2H3/b16-13-;. The van der Waals surface area contributed by atoms with Crippen LogP contribution in [0.3, 0.4) is 0 Å². The molecule has 1 aromatic carbocycles. The number of hydrogen-bond donors (Lipinski definition) is 1. The second kappa shape index (κ2) is 6.60. The normalized spacial score (nSPS) is 19.1. The first-order chi connectivity index (χ1) is 8.67. The van der Waals surface area contributed by atoms with Crippen LogP contribution in [-0.2, 0) is 6.42 Å².